The molecule has 4 heteroatoms. The third-order valence-corrected chi connectivity index (χ3v) is 7.61. The van der Waals surface area contributed by atoms with Gasteiger partial charge in [-0.25, -0.2) is 0 Å². The molecule has 3 saturated heterocycles. The molecule has 3 heterocycles. The highest BCUT2D eigenvalue weighted by atomic mass is 16.1. The molecule has 0 saturated carbocycles. The molecule has 3 aliphatic rings. The second kappa shape index (κ2) is 13.2. The summed E-state index contributed by atoms with van der Waals surface area (Å²) in [6.45, 7) is 21.5. The molecule has 0 atom stereocenters. The van der Waals surface area contributed by atoms with Crippen molar-refractivity contribution in [3.8, 4) is 0 Å². The van der Waals surface area contributed by atoms with Crippen molar-refractivity contribution in [2.75, 3.05) is 45.8 Å². The van der Waals surface area contributed by atoms with Crippen molar-refractivity contribution in [3.05, 3.63) is 0 Å². The van der Waals surface area contributed by atoms with Crippen molar-refractivity contribution < 1.29 is 4.79 Å². The zero-order valence-corrected chi connectivity index (χ0v) is 21.0. The molecule has 0 radical (unpaired) electrons. The molecule has 0 aromatic carbocycles. The first-order valence-corrected chi connectivity index (χ1v) is 13.2. The first-order valence-electron chi connectivity index (χ1n) is 13.2. The summed E-state index contributed by atoms with van der Waals surface area (Å²) in [6, 6.07) is 1.59. The molecule has 3 aliphatic heterocycles. The van der Waals surface area contributed by atoms with E-state index in [9.17, 15) is 4.79 Å². The van der Waals surface area contributed by atoms with Crippen LogP contribution in [0, 0.1) is 17.8 Å². The summed E-state index contributed by atoms with van der Waals surface area (Å²) in [4.78, 5) is 20.5. The quantitative estimate of drug-likeness (QED) is 0.583. The van der Waals surface area contributed by atoms with E-state index in [1.807, 2.05) is 13.8 Å². The van der Waals surface area contributed by atoms with E-state index in [2.05, 4.69) is 42.4 Å². The van der Waals surface area contributed by atoms with E-state index in [0.717, 1.165) is 43.9 Å². The van der Waals surface area contributed by atoms with Crippen molar-refractivity contribution in [2.45, 2.75) is 98.6 Å². The maximum Gasteiger partial charge on any atom is 0.138 e. The SMILES string of the molecule is CC.CC(C)CCN1CCC(N2CCC(N3CCC(C(=O)C(C)C)CC3)CC2)CC1. The van der Waals surface area contributed by atoms with Gasteiger partial charge in [0, 0.05) is 23.9 Å². The molecular formula is C26H51N3O. The van der Waals surface area contributed by atoms with Crippen LogP contribution in [0.25, 0.3) is 0 Å². The summed E-state index contributed by atoms with van der Waals surface area (Å²) < 4.78 is 0. The minimum atomic E-state index is 0.205. The lowest BCUT2D eigenvalue weighted by Gasteiger charge is -2.45. The monoisotopic (exact) mass is 421 g/mol. The van der Waals surface area contributed by atoms with Crippen LogP contribution in [0.4, 0.5) is 0 Å². The molecule has 30 heavy (non-hydrogen) atoms. The van der Waals surface area contributed by atoms with Crippen LogP contribution in [0.1, 0.15) is 86.5 Å². The van der Waals surface area contributed by atoms with Crippen molar-refractivity contribution >= 4 is 5.78 Å². The Labute approximate surface area is 187 Å². The first kappa shape index (κ1) is 25.8. The lowest BCUT2D eigenvalue weighted by Crippen LogP contribution is -2.52. The molecule has 0 unspecified atom stereocenters. The van der Waals surface area contributed by atoms with E-state index in [0.29, 0.717) is 11.7 Å². The predicted octanol–water partition coefficient (Wildman–Crippen LogP) is 4.92. The molecule has 0 aromatic rings. The van der Waals surface area contributed by atoms with Crippen LogP contribution < -0.4 is 0 Å². The molecule has 0 N–H and O–H groups in total. The topological polar surface area (TPSA) is 26.8 Å². The van der Waals surface area contributed by atoms with Crippen molar-refractivity contribution in [1.29, 1.82) is 0 Å². The Bertz CT molecular complexity index is 469. The van der Waals surface area contributed by atoms with Crippen molar-refractivity contribution in [2.24, 2.45) is 17.8 Å². The third-order valence-electron chi connectivity index (χ3n) is 7.61. The number of carbonyl (C=O) groups excluding carboxylic acids is 1. The largest absolute Gasteiger partial charge is 0.303 e. The van der Waals surface area contributed by atoms with Gasteiger partial charge in [0.15, 0.2) is 0 Å². The number of nitrogens with zero attached hydrogens (tertiary/aromatic N) is 3. The number of hydrogen-bond acceptors (Lipinski definition) is 4. The molecular weight excluding hydrogens is 370 g/mol. The highest BCUT2D eigenvalue weighted by molar-refractivity contribution is 5.82. The number of carbonyl (C=O) groups is 1. The number of rotatable bonds is 7. The molecule has 3 fully saturated rings. The van der Waals surface area contributed by atoms with E-state index in [1.165, 1.54) is 64.8 Å². The Morgan fingerprint density at radius 2 is 1.17 bits per heavy atom. The van der Waals surface area contributed by atoms with Gasteiger partial charge in [0.05, 0.1) is 0 Å². The zero-order valence-electron chi connectivity index (χ0n) is 21.0. The zero-order chi connectivity index (χ0) is 22.1. The minimum absolute atomic E-state index is 0.205. The second-order valence-corrected chi connectivity index (χ2v) is 10.4. The summed E-state index contributed by atoms with van der Waals surface area (Å²) in [5, 5.41) is 0. The third kappa shape index (κ3) is 7.60. The normalized spacial score (nSPS) is 24.3. The van der Waals surface area contributed by atoms with Gasteiger partial charge in [0.2, 0.25) is 0 Å². The van der Waals surface area contributed by atoms with Gasteiger partial charge in [-0.1, -0.05) is 41.5 Å². The van der Waals surface area contributed by atoms with Crippen LogP contribution in [0.3, 0.4) is 0 Å². The number of piperidine rings is 3. The van der Waals surface area contributed by atoms with Crippen LogP contribution in [-0.2, 0) is 4.79 Å². The van der Waals surface area contributed by atoms with Crippen LogP contribution in [0.2, 0.25) is 0 Å². The highest BCUT2D eigenvalue weighted by Gasteiger charge is 2.33. The summed E-state index contributed by atoms with van der Waals surface area (Å²) in [5.74, 6) is 1.85. The summed E-state index contributed by atoms with van der Waals surface area (Å²) in [5.41, 5.74) is 0. The van der Waals surface area contributed by atoms with Gasteiger partial charge in [-0.15, -0.1) is 0 Å². The van der Waals surface area contributed by atoms with Gasteiger partial charge in [0.25, 0.3) is 0 Å². The predicted molar refractivity (Wildman–Crippen MR) is 129 cm³/mol. The summed E-state index contributed by atoms with van der Waals surface area (Å²) >= 11 is 0. The lowest BCUT2D eigenvalue weighted by molar-refractivity contribution is -0.127. The van der Waals surface area contributed by atoms with Gasteiger partial charge in [-0.05, 0) is 96.7 Å². The van der Waals surface area contributed by atoms with E-state index in [-0.39, 0.29) is 5.92 Å². The van der Waals surface area contributed by atoms with E-state index >= 15 is 0 Å². The maximum absolute atomic E-state index is 12.3. The van der Waals surface area contributed by atoms with Gasteiger partial charge in [0.1, 0.15) is 5.78 Å². The van der Waals surface area contributed by atoms with Gasteiger partial charge >= 0.3 is 0 Å². The van der Waals surface area contributed by atoms with Gasteiger partial charge in [-0.3, -0.25) is 4.79 Å². The Hall–Kier alpha value is -0.450. The highest BCUT2D eigenvalue weighted by Crippen LogP contribution is 2.28. The molecule has 0 amide bonds. The molecule has 0 bridgehead atoms. The number of Topliss-reactive ketones (excluding diaryl/α,β-unsaturated/α-hetero) is 1. The van der Waals surface area contributed by atoms with Crippen LogP contribution in [-0.4, -0.2) is 78.4 Å². The van der Waals surface area contributed by atoms with E-state index in [1.54, 1.807) is 0 Å². The average molecular weight is 422 g/mol. The maximum atomic E-state index is 12.3. The van der Waals surface area contributed by atoms with Crippen LogP contribution in [0.5, 0.6) is 0 Å². The molecule has 176 valence electrons. The fourth-order valence-corrected chi connectivity index (χ4v) is 5.59. The standard InChI is InChI=1S/C24H45N3O.C2H6/c1-19(2)5-12-25-13-8-22(9-14-25)27-17-10-23(11-18-27)26-15-6-21(7-16-26)24(28)20(3)4;1-2/h19-23H,5-18H2,1-4H3;1-2H3. The van der Waals surface area contributed by atoms with E-state index < -0.39 is 0 Å². The smallest absolute Gasteiger partial charge is 0.138 e. The minimum Gasteiger partial charge on any atom is -0.303 e. The van der Waals surface area contributed by atoms with Gasteiger partial charge in [-0.2, -0.15) is 0 Å². The molecule has 0 aromatic heterocycles. The second-order valence-electron chi connectivity index (χ2n) is 10.4. The Morgan fingerprint density at radius 3 is 1.60 bits per heavy atom. The Balaban J connectivity index is 0.00000155. The molecule has 0 spiro atoms. The van der Waals surface area contributed by atoms with Gasteiger partial charge < -0.3 is 14.7 Å². The number of likely N-dealkylation sites (tertiary alicyclic amines) is 3. The van der Waals surface area contributed by atoms with Crippen LogP contribution >= 0.6 is 0 Å². The first-order chi connectivity index (χ1) is 14.4. The summed E-state index contributed by atoms with van der Waals surface area (Å²) in [6.07, 6.45) is 8.91. The fraction of sp³-hybridized carbons (Fsp3) is 0.962. The van der Waals surface area contributed by atoms with Crippen molar-refractivity contribution in [3.63, 3.8) is 0 Å². The fourth-order valence-electron chi connectivity index (χ4n) is 5.59. The van der Waals surface area contributed by atoms with Crippen molar-refractivity contribution in [1.82, 2.24) is 14.7 Å². The summed E-state index contributed by atoms with van der Waals surface area (Å²) in [7, 11) is 0. The van der Waals surface area contributed by atoms with E-state index in [4.69, 9.17) is 0 Å². The lowest BCUT2D eigenvalue weighted by atomic mass is 9.86. The molecule has 4 nitrogen and oxygen atoms in total. The Kier molecular flexibility index (Phi) is 11.3. The molecule has 0 aliphatic carbocycles. The molecule has 3 rings (SSSR count). The average Bonchev–Trinajstić information content (AvgIpc) is 2.79. The van der Waals surface area contributed by atoms with Crippen LogP contribution in [0.15, 0.2) is 0 Å². The number of ketones is 1. The Morgan fingerprint density at radius 1 is 0.733 bits per heavy atom. The number of hydrogen-bond donors (Lipinski definition) is 0.